The van der Waals surface area contributed by atoms with Gasteiger partial charge in [0, 0.05) is 19.0 Å². The van der Waals surface area contributed by atoms with Gasteiger partial charge in [0.15, 0.2) is 0 Å². The predicted molar refractivity (Wildman–Crippen MR) is 77.5 cm³/mol. The highest BCUT2D eigenvalue weighted by Gasteiger charge is 2.17. The average Bonchev–Trinajstić information content (AvgIpc) is 2.47. The van der Waals surface area contributed by atoms with Crippen molar-refractivity contribution in [2.45, 2.75) is 20.3 Å². The van der Waals surface area contributed by atoms with E-state index >= 15 is 0 Å². The molecule has 1 aliphatic rings. The quantitative estimate of drug-likeness (QED) is 0.860. The maximum Gasteiger partial charge on any atom is 0.239 e. The lowest BCUT2D eigenvalue weighted by atomic mass is 10.1. The van der Waals surface area contributed by atoms with E-state index in [0.29, 0.717) is 18.8 Å². The van der Waals surface area contributed by atoms with Gasteiger partial charge in [-0.1, -0.05) is 13.8 Å². The Kier molecular flexibility index (Phi) is 4.55. The number of pyridine rings is 1. The van der Waals surface area contributed by atoms with Gasteiger partial charge in [-0.15, -0.1) is 0 Å². The van der Waals surface area contributed by atoms with Gasteiger partial charge in [0.25, 0.3) is 0 Å². The number of nitrogens with zero attached hydrogens (tertiary/aromatic N) is 2. The van der Waals surface area contributed by atoms with Gasteiger partial charge in [-0.3, -0.25) is 9.59 Å². The van der Waals surface area contributed by atoms with E-state index in [1.807, 2.05) is 30.9 Å². The molecule has 0 spiro atoms. The van der Waals surface area contributed by atoms with Crippen molar-refractivity contribution in [3.63, 3.8) is 0 Å². The van der Waals surface area contributed by atoms with Crippen LogP contribution in [0.1, 0.15) is 20.3 Å². The van der Waals surface area contributed by atoms with Crippen LogP contribution >= 0.6 is 0 Å². The predicted octanol–water partition coefficient (Wildman–Crippen LogP) is 1.00. The Morgan fingerprint density at radius 1 is 1.55 bits per heavy atom. The molecule has 0 bridgehead atoms. The van der Waals surface area contributed by atoms with Gasteiger partial charge in [0.2, 0.25) is 11.8 Å². The van der Waals surface area contributed by atoms with Gasteiger partial charge in [0.1, 0.15) is 5.82 Å². The zero-order chi connectivity index (χ0) is 14.5. The topological polar surface area (TPSA) is 74.3 Å². The van der Waals surface area contributed by atoms with Crippen molar-refractivity contribution < 1.29 is 9.59 Å². The molecule has 2 amide bonds. The lowest BCUT2D eigenvalue weighted by Crippen LogP contribution is -2.48. The average molecular weight is 276 g/mol. The summed E-state index contributed by atoms with van der Waals surface area (Å²) in [6.45, 7) is 5.58. The number of nitrogens with one attached hydrogen (secondary N) is 2. The number of hydrogen-bond acceptors (Lipinski definition) is 4. The zero-order valence-electron chi connectivity index (χ0n) is 11.8. The SMILES string of the molecule is CCC(C)C(=O)Nc1ccc(N2CCNC(=O)C2)nc1. The monoisotopic (exact) mass is 276 g/mol. The molecule has 0 aromatic carbocycles. The Balaban J connectivity index is 1.99. The number of anilines is 2. The Labute approximate surface area is 118 Å². The fourth-order valence-electron chi connectivity index (χ4n) is 1.93. The van der Waals surface area contributed by atoms with E-state index in [-0.39, 0.29) is 17.7 Å². The molecule has 1 atom stereocenters. The summed E-state index contributed by atoms with van der Waals surface area (Å²) < 4.78 is 0. The van der Waals surface area contributed by atoms with E-state index in [1.54, 1.807) is 6.20 Å². The summed E-state index contributed by atoms with van der Waals surface area (Å²) in [4.78, 5) is 29.3. The second-order valence-corrected chi connectivity index (χ2v) is 4.98. The molecule has 1 unspecified atom stereocenters. The Morgan fingerprint density at radius 3 is 2.95 bits per heavy atom. The molecule has 1 saturated heterocycles. The second-order valence-electron chi connectivity index (χ2n) is 4.98. The zero-order valence-corrected chi connectivity index (χ0v) is 11.8. The van der Waals surface area contributed by atoms with Crippen molar-refractivity contribution in [3.8, 4) is 0 Å². The molecule has 0 aliphatic carbocycles. The molecule has 108 valence electrons. The van der Waals surface area contributed by atoms with Crippen LogP contribution in [0.2, 0.25) is 0 Å². The van der Waals surface area contributed by atoms with Crippen LogP contribution < -0.4 is 15.5 Å². The smallest absolute Gasteiger partial charge is 0.239 e. The van der Waals surface area contributed by atoms with Crippen molar-refractivity contribution in [1.82, 2.24) is 10.3 Å². The van der Waals surface area contributed by atoms with Crippen LogP contribution in [0.15, 0.2) is 18.3 Å². The van der Waals surface area contributed by atoms with Crippen LogP contribution in [-0.2, 0) is 9.59 Å². The molecule has 1 aliphatic heterocycles. The van der Waals surface area contributed by atoms with Crippen molar-refractivity contribution in [3.05, 3.63) is 18.3 Å². The molecule has 20 heavy (non-hydrogen) atoms. The highest BCUT2D eigenvalue weighted by atomic mass is 16.2. The standard InChI is InChI=1S/C14H20N4O2/c1-3-10(2)14(20)17-11-4-5-12(16-8-11)18-7-6-15-13(19)9-18/h4-5,8,10H,3,6-7,9H2,1-2H3,(H,15,19)(H,17,20). The molecule has 0 saturated carbocycles. The van der Waals surface area contributed by atoms with E-state index in [1.165, 1.54) is 0 Å². The molecule has 6 nitrogen and oxygen atoms in total. The molecule has 2 N–H and O–H groups in total. The first-order chi connectivity index (χ1) is 9.60. The number of piperazine rings is 1. The highest BCUT2D eigenvalue weighted by molar-refractivity contribution is 5.92. The third kappa shape index (κ3) is 3.46. The third-order valence-corrected chi connectivity index (χ3v) is 3.44. The van der Waals surface area contributed by atoms with E-state index < -0.39 is 0 Å². The van der Waals surface area contributed by atoms with Crippen LogP contribution in [0.25, 0.3) is 0 Å². The molecule has 2 rings (SSSR count). The van der Waals surface area contributed by atoms with Crippen LogP contribution in [-0.4, -0.2) is 36.4 Å². The number of carbonyl (C=O) groups excluding carboxylic acids is 2. The molecule has 0 radical (unpaired) electrons. The van der Waals surface area contributed by atoms with Crippen molar-refractivity contribution >= 4 is 23.3 Å². The van der Waals surface area contributed by atoms with E-state index in [2.05, 4.69) is 15.6 Å². The minimum Gasteiger partial charge on any atom is -0.353 e. The third-order valence-electron chi connectivity index (χ3n) is 3.44. The van der Waals surface area contributed by atoms with Crippen molar-refractivity contribution in [2.75, 3.05) is 29.9 Å². The minimum absolute atomic E-state index is 0.000555. The fourth-order valence-corrected chi connectivity index (χ4v) is 1.93. The van der Waals surface area contributed by atoms with Gasteiger partial charge in [0.05, 0.1) is 18.4 Å². The summed E-state index contributed by atoms with van der Waals surface area (Å²) >= 11 is 0. The Bertz CT molecular complexity index is 486. The van der Waals surface area contributed by atoms with Gasteiger partial charge < -0.3 is 15.5 Å². The van der Waals surface area contributed by atoms with E-state index in [9.17, 15) is 9.59 Å². The van der Waals surface area contributed by atoms with Crippen LogP contribution in [0.4, 0.5) is 11.5 Å². The first-order valence-corrected chi connectivity index (χ1v) is 6.88. The molecular formula is C14H20N4O2. The van der Waals surface area contributed by atoms with E-state index in [4.69, 9.17) is 0 Å². The number of aromatic nitrogens is 1. The minimum atomic E-state index is -0.0135. The summed E-state index contributed by atoms with van der Waals surface area (Å²) in [7, 11) is 0. The summed E-state index contributed by atoms with van der Waals surface area (Å²) in [5.41, 5.74) is 0.681. The van der Waals surface area contributed by atoms with Crippen molar-refractivity contribution in [2.24, 2.45) is 5.92 Å². The van der Waals surface area contributed by atoms with Crippen LogP contribution in [0, 0.1) is 5.92 Å². The normalized spacial score (nSPS) is 16.5. The van der Waals surface area contributed by atoms with Gasteiger partial charge in [-0.25, -0.2) is 4.98 Å². The fraction of sp³-hybridized carbons (Fsp3) is 0.500. The lowest BCUT2D eigenvalue weighted by Gasteiger charge is -2.27. The number of rotatable bonds is 4. The van der Waals surface area contributed by atoms with Crippen LogP contribution in [0.3, 0.4) is 0 Å². The highest BCUT2D eigenvalue weighted by Crippen LogP contribution is 2.15. The molecule has 2 heterocycles. The second kappa shape index (κ2) is 6.36. The van der Waals surface area contributed by atoms with Crippen molar-refractivity contribution in [1.29, 1.82) is 0 Å². The summed E-state index contributed by atoms with van der Waals surface area (Å²) in [5.74, 6) is 0.744. The van der Waals surface area contributed by atoms with Gasteiger partial charge >= 0.3 is 0 Å². The molecule has 6 heteroatoms. The summed E-state index contributed by atoms with van der Waals surface area (Å²) in [6.07, 6.45) is 2.43. The molecule has 1 aromatic heterocycles. The maximum absolute atomic E-state index is 11.8. The van der Waals surface area contributed by atoms with Crippen LogP contribution in [0.5, 0.6) is 0 Å². The molecule has 1 aromatic rings. The first-order valence-electron chi connectivity index (χ1n) is 6.88. The first kappa shape index (κ1) is 14.3. The van der Waals surface area contributed by atoms with Gasteiger partial charge in [-0.2, -0.15) is 0 Å². The number of amides is 2. The summed E-state index contributed by atoms with van der Waals surface area (Å²) in [6, 6.07) is 3.64. The van der Waals surface area contributed by atoms with E-state index in [0.717, 1.165) is 18.8 Å². The number of carbonyl (C=O) groups is 2. The number of hydrogen-bond donors (Lipinski definition) is 2. The Morgan fingerprint density at radius 2 is 2.35 bits per heavy atom. The lowest BCUT2D eigenvalue weighted by molar-refractivity contribution is -0.120. The van der Waals surface area contributed by atoms with Gasteiger partial charge in [-0.05, 0) is 18.6 Å². The molecular weight excluding hydrogens is 256 g/mol. The summed E-state index contributed by atoms with van der Waals surface area (Å²) in [5, 5.41) is 5.61. The molecule has 1 fully saturated rings. The maximum atomic E-state index is 11.8. The Hall–Kier alpha value is -2.11. The largest absolute Gasteiger partial charge is 0.353 e.